The summed E-state index contributed by atoms with van der Waals surface area (Å²) in [4.78, 5) is 26.1. The molecule has 144 valence electrons. The lowest BCUT2D eigenvalue weighted by Gasteiger charge is -2.19. The number of carbonyl (C=O) groups excluding carboxylic acids is 2. The molecule has 2 aromatic rings. The number of esters is 1. The molecular weight excluding hydrogens is 344 g/mol. The molecule has 6 nitrogen and oxygen atoms in total. The third kappa shape index (κ3) is 6.66. The topological polar surface area (TPSA) is 67.9 Å². The molecule has 0 spiro atoms. The normalized spacial score (nSPS) is 10.1. The summed E-state index contributed by atoms with van der Waals surface area (Å²) in [5.41, 5.74) is 1.45. The van der Waals surface area contributed by atoms with Crippen LogP contribution < -0.4 is 15.0 Å². The van der Waals surface area contributed by atoms with Gasteiger partial charge in [-0.15, -0.1) is 0 Å². The molecule has 1 amide bonds. The zero-order valence-corrected chi connectivity index (χ0v) is 15.8. The number of carbonyl (C=O) groups is 2. The minimum Gasteiger partial charge on any atom is -0.493 e. The average molecular weight is 370 g/mol. The Kier molecular flexibility index (Phi) is 8.16. The van der Waals surface area contributed by atoms with Crippen LogP contribution in [-0.2, 0) is 9.53 Å². The minimum absolute atomic E-state index is 0.312. The van der Waals surface area contributed by atoms with E-state index in [1.165, 1.54) is 0 Å². The molecule has 0 heterocycles. The van der Waals surface area contributed by atoms with E-state index in [0.29, 0.717) is 24.5 Å². The first-order valence-corrected chi connectivity index (χ1v) is 9.03. The molecule has 0 radical (unpaired) electrons. The van der Waals surface area contributed by atoms with Crippen LogP contribution in [0.1, 0.15) is 23.7 Å². The zero-order valence-electron chi connectivity index (χ0n) is 15.8. The number of nitrogens with zero attached hydrogens (tertiary/aromatic N) is 1. The van der Waals surface area contributed by atoms with Crippen molar-refractivity contribution in [2.24, 2.45) is 0 Å². The van der Waals surface area contributed by atoms with Gasteiger partial charge in [0.1, 0.15) is 11.3 Å². The van der Waals surface area contributed by atoms with Gasteiger partial charge in [-0.25, -0.2) is 4.79 Å². The highest BCUT2D eigenvalue weighted by molar-refractivity contribution is 5.93. The Balaban J connectivity index is 1.68. The molecule has 0 bridgehead atoms. The van der Waals surface area contributed by atoms with Crippen molar-refractivity contribution < 1.29 is 19.1 Å². The van der Waals surface area contributed by atoms with Gasteiger partial charge in [0.25, 0.3) is 5.91 Å². The van der Waals surface area contributed by atoms with Gasteiger partial charge in [-0.2, -0.15) is 0 Å². The number of anilines is 1. The molecule has 0 atom stereocenters. The summed E-state index contributed by atoms with van der Waals surface area (Å²) in [6, 6.07) is 16.9. The predicted molar refractivity (Wildman–Crippen MR) is 105 cm³/mol. The highest BCUT2D eigenvalue weighted by Crippen LogP contribution is 2.18. The molecular formula is C21H26N2O4. The van der Waals surface area contributed by atoms with E-state index in [1.807, 2.05) is 44.3 Å². The molecule has 0 unspecified atom stereocenters. The van der Waals surface area contributed by atoms with Crippen LogP contribution in [0.25, 0.3) is 0 Å². The van der Waals surface area contributed by atoms with Gasteiger partial charge < -0.3 is 19.7 Å². The summed E-state index contributed by atoms with van der Waals surface area (Å²) >= 11 is 0. The summed E-state index contributed by atoms with van der Waals surface area (Å²) in [7, 11) is 2.01. The first kappa shape index (κ1) is 20.3. The number of para-hydroxylation sites is 2. The highest BCUT2D eigenvalue weighted by atomic mass is 16.5. The third-order valence-electron chi connectivity index (χ3n) is 3.93. The molecule has 0 aliphatic carbocycles. The van der Waals surface area contributed by atoms with Gasteiger partial charge in [-0.1, -0.05) is 30.3 Å². The fraction of sp³-hybridized carbons (Fsp3) is 0.333. The molecule has 2 aromatic carbocycles. The van der Waals surface area contributed by atoms with E-state index >= 15 is 0 Å². The lowest BCUT2D eigenvalue weighted by molar-refractivity contribution is -0.124. The van der Waals surface area contributed by atoms with Crippen LogP contribution >= 0.6 is 0 Å². The van der Waals surface area contributed by atoms with Gasteiger partial charge in [0.2, 0.25) is 0 Å². The van der Waals surface area contributed by atoms with E-state index in [2.05, 4.69) is 10.2 Å². The largest absolute Gasteiger partial charge is 0.493 e. The standard InChI is InChI=1S/C21H26N2O4/c1-3-26-19-13-8-7-12-18(19)21(25)27-16-20(24)22-14-9-15-23(2)17-10-5-4-6-11-17/h4-8,10-13H,3,9,14-16H2,1-2H3,(H,22,24). The van der Waals surface area contributed by atoms with Crippen LogP contribution in [-0.4, -0.2) is 45.2 Å². The first-order valence-electron chi connectivity index (χ1n) is 9.03. The third-order valence-corrected chi connectivity index (χ3v) is 3.93. The maximum Gasteiger partial charge on any atom is 0.342 e. The summed E-state index contributed by atoms with van der Waals surface area (Å²) in [6.45, 7) is 3.30. The maximum absolute atomic E-state index is 12.1. The van der Waals surface area contributed by atoms with E-state index < -0.39 is 5.97 Å². The van der Waals surface area contributed by atoms with Gasteiger partial charge in [-0.05, 0) is 37.6 Å². The molecule has 6 heteroatoms. The second-order valence-electron chi connectivity index (χ2n) is 5.97. The number of hydrogen-bond acceptors (Lipinski definition) is 5. The van der Waals surface area contributed by atoms with E-state index in [9.17, 15) is 9.59 Å². The van der Waals surface area contributed by atoms with E-state index in [0.717, 1.165) is 18.7 Å². The van der Waals surface area contributed by atoms with Gasteiger partial charge >= 0.3 is 5.97 Å². The first-order chi connectivity index (χ1) is 13.1. The summed E-state index contributed by atoms with van der Waals surface area (Å²) < 4.78 is 10.5. The van der Waals surface area contributed by atoms with Gasteiger partial charge in [0, 0.05) is 25.8 Å². The van der Waals surface area contributed by atoms with Gasteiger partial charge in [-0.3, -0.25) is 4.79 Å². The smallest absolute Gasteiger partial charge is 0.342 e. The Morgan fingerprint density at radius 2 is 1.74 bits per heavy atom. The fourth-order valence-electron chi connectivity index (χ4n) is 2.53. The maximum atomic E-state index is 12.1. The van der Waals surface area contributed by atoms with Crippen molar-refractivity contribution in [3.63, 3.8) is 0 Å². The SMILES string of the molecule is CCOc1ccccc1C(=O)OCC(=O)NCCCN(C)c1ccccc1. The van der Waals surface area contributed by atoms with Crippen LogP contribution in [0.3, 0.4) is 0 Å². The van der Waals surface area contributed by atoms with E-state index in [1.54, 1.807) is 24.3 Å². The molecule has 0 aromatic heterocycles. The quantitative estimate of drug-likeness (QED) is 0.514. The summed E-state index contributed by atoms with van der Waals surface area (Å²) in [5, 5.41) is 2.76. The number of benzene rings is 2. The van der Waals surface area contributed by atoms with Crippen LogP contribution in [0.5, 0.6) is 5.75 Å². The van der Waals surface area contributed by atoms with Crippen molar-refractivity contribution >= 4 is 17.6 Å². The van der Waals surface area contributed by atoms with Crippen LogP contribution in [0.4, 0.5) is 5.69 Å². The van der Waals surface area contributed by atoms with Crippen LogP contribution in [0.15, 0.2) is 54.6 Å². The molecule has 1 N–H and O–H groups in total. The average Bonchev–Trinajstić information content (AvgIpc) is 2.70. The number of ether oxygens (including phenoxy) is 2. The molecule has 0 saturated heterocycles. The highest BCUT2D eigenvalue weighted by Gasteiger charge is 2.14. The van der Waals surface area contributed by atoms with Crippen molar-refractivity contribution in [1.82, 2.24) is 5.32 Å². The summed E-state index contributed by atoms with van der Waals surface area (Å²) in [5.74, 6) is -0.438. The Morgan fingerprint density at radius 3 is 2.48 bits per heavy atom. The Bertz CT molecular complexity index is 734. The van der Waals surface area contributed by atoms with E-state index in [4.69, 9.17) is 9.47 Å². The van der Waals surface area contributed by atoms with Crippen molar-refractivity contribution in [3.8, 4) is 5.75 Å². The molecule has 0 saturated carbocycles. The second-order valence-corrected chi connectivity index (χ2v) is 5.97. The second kappa shape index (κ2) is 10.9. The Labute approximate surface area is 160 Å². The Morgan fingerprint density at radius 1 is 1.04 bits per heavy atom. The van der Waals surface area contributed by atoms with E-state index in [-0.39, 0.29) is 12.5 Å². The molecule has 2 rings (SSSR count). The lowest BCUT2D eigenvalue weighted by atomic mass is 10.2. The Hall–Kier alpha value is -3.02. The number of nitrogens with one attached hydrogen (secondary N) is 1. The van der Waals surface area contributed by atoms with Crippen molar-refractivity contribution in [2.45, 2.75) is 13.3 Å². The lowest BCUT2D eigenvalue weighted by Crippen LogP contribution is -2.31. The van der Waals surface area contributed by atoms with Crippen molar-refractivity contribution in [1.29, 1.82) is 0 Å². The monoisotopic (exact) mass is 370 g/mol. The number of rotatable bonds is 10. The molecule has 0 fully saturated rings. The molecule has 0 aliphatic heterocycles. The number of hydrogen-bond donors (Lipinski definition) is 1. The molecule has 0 aliphatic rings. The summed E-state index contributed by atoms with van der Waals surface area (Å²) in [6.07, 6.45) is 0.790. The van der Waals surface area contributed by atoms with Crippen LogP contribution in [0, 0.1) is 0 Å². The number of amides is 1. The van der Waals surface area contributed by atoms with Crippen molar-refractivity contribution in [3.05, 3.63) is 60.2 Å². The van der Waals surface area contributed by atoms with Crippen LogP contribution in [0.2, 0.25) is 0 Å². The minimum atomic E-state index is -0.571. The fourth-order valence-corrected chi connectivity index (χ4v) is 2.53. The van der Waals surface area contributed by atoms with Gasteiger partial charge in [0.05, 0.1) is 6.61 Å². The zero-order chi connectivity index (χ0) is 19.5. The molecule has 27 heavy (non-hydrogen) atoms. The van der Waals surface area contributed by atoms with Crippen molar-refractivity contribution in [2.75, 3.05) is 38.3 Å². The predicted octanol–water partition coefficient (Wildman–Crippen LogP) is 2.88. The van der Waals surface area contributed by atoms with Gasteiger partial charge in [0.15, 0.2) is 6.61 Å².